The summed E-state index contributed by atoms with van der Waals surface area (Å²) in [6.07, 6.45) is 4.14. The van der Waals surface area contributed by atoms with Gasteiger partial charge in [-0.25, -0.2) is 0 Å². The average Bonchev–Trinajstić information content (AvgIpc) is 2.61. The molecule has 2 heterocycles. The van der Waals surface area contributed by atoms with Crippen LogP contribution in [0.2, 0.25) is 10.0 Å². The molecule has 2 aliphatic heterocycles. The Morgan fingerprint density at radius 3 is 2.60 bits per heavy atom. The van der Waals surface area contributed by atoms with Crippen molar-refractivity contribution in [3.05, 3.63) is 33.8 Å². The third-order valence-corrected chi connectivity index (χ3v) is 6.15. The summed E-state index contributed by atoms with van der Waals surface area (Å²) in [6, 6.07) is 5.75. The third kappa shape index (κ3) is 4.42. The summed E-state index contributed by atoms with van der Waals surface area (Å²) in [5, 5.41) is 1.36. The van der Waals surface area contributed by atoms with E-state index in [9.17, 15) is 0 Å². The van der Waals surface area contributed by atoms with E-state index in [0.29, 0.717) is 22.5 Å². The van der Waals surface area contributed by atoms with Crippen LogP contribution in [0.15, 0.2) is 23.2 Å². The molecule has 138 valence electrons. The smallest absolute Gasteiger partial charge is 0.191 e. The first-order valence-corrected chi connectivity index (χ1v) is 9.84. The van der Waals surface area contributed by atoms with Crippen molar-refractivity contribution in [3.63, 3.8) is 0 Å². The van der Waals surface area contributed by atoms with Crippen LogP contribution in [-0.2, 0) is 10.2 Å². The van der Waals surface area contributed by atoms with Gasteiger partial charge in [-0.3, -0.25) is 4.99 Å². The van der Waals surface area contributed by atoms with E-state index in [1.807, 2.05) is 18.2 Å². The van der Waals surface area contributed by atoms with Crippen LogP contribution in [0.5, 0.6) is 0 Å². The second-order valence-corrected chi connectivity index (χ2v) is 8.20. The van der Waals surface area contributed by atoms with E-state index >= 15 is 0 Å². The van der Waals surface area contributed by atoms with Crippen molar-refractivity contribution < 1.29 is 4.74 Å². The molecule has 0 saturated carbocycles. The van der Waals surface area contributed by atoms with Gasteiger partial charge in [-0.2, -0.15) is 0 Å². The van der Waals surface area contributed by atoms with Crippen LogP contribution < -0.4 is 5.73 Å². The minimum absolute atomic E-state index is 0.131. The molecule has 0 spiro atoms. The lowest BCUT2D eigenvalue weighted by atomic mass is 9.74. The van der Waals surface area contributed by atoms with Crippen molar-refractivity contribution in [2.75, 3.05) is 32.8 Å². The molecule has 0 unspecified atom stereocenters. The Balaban J connectivity index is 1.80. The molecule has 0 aliphatic carbocycles. The third-order valence-electron chi connectivity index (χ3n) is 5.60. The maximum atomic E-state index is 6.52. The van der Waals surface area contributed by atoms with Crippen molar-refractivity contribution in [1.29, 1.82) is 0 Å². The van der Waals surface area contributed by atoms with Crippen LogP contribution in [0, 0.1) is 5.92 Å². The van der Waals surface area contributed by atoms with E-state index < -0.39 is 0 Å². The van der Waals surface area contributed by atoms with Gasteiger partial charge in [0.1, 0.15) is 0 Å². The number of ether oxygens (including phenoxy) is 1. The van der Waals surface area contributed by atoms with Crippen molar-refractivity contribution in [1.82, 2.24) is 4.90 Å². The molecule has 0 aromatic heterocycles. The van der Waals surface area contributed by atoms with E-state index in [4.69, 9.17) is 38.7 Å². The summed E-state index contributed by atoms with van der Waals surface area (Å²) >= 11 is 12.6. The Morgan fingerprint density at radius 2 is 1.96 bits per heavy atom. The molecule has 0 amide bonds. The van der Waals surface area contributed by atoms with Crippen molar-refractivity contribution in [2.45, 2.75) is 38.0 Å². The maximum Gasteiger partial charge on any atom is 0.191 e. The summed E-state index contributed by atoms with van der Waals surface area (Å²) in [7, 11) is 0. The molecule has 2 fully saturated rings. The molecule has 4 nitrogen and oxygen atoms in total. The minimum Gasteiger partial charge on any atom is -0.381 e. The second kappa shape index (κ2) is 8.15. The summed E-state index contributed by atoms with van der Waals surface area (Å²) in [5.41, 5.74) is 7.27. The van der Waals surface area contributed by atoms with Crippen LogP contribution in [0.4, 0.5) is 0 Å². The normalized spacial score (nSPS) is 22.2. The van der Waals surface area contributed by atoms with Crippen LogP contribution in [0.25, 0.3) is 0 Å². The second-order valence-electron chi connectivity index (χ2n) is 7.36. The SMILES string of the molecule is CC1CCN(C(N)=NCC2(c3ccc(Cl)cc3Cl)CCOCC2)CC1. The predicted molar refractivity (Wildman–Crippen MR) is 105 cm³/mol. The topological polar surface area (TPSA) is 50.8 Å². The van der Waals surface area contributed by atoms with Crippen LogP contribution >= 0.6 is 23.2 Å². The summed E-state index contributed by atoms with van der Waals surface area (Å²) in [4.78, 5) is 6.99. The fourth-order valence-electron chi connectivity index (χ4n) is 3.76. The number of rotatable bonds is 3. The highest BCUT2D eigenvalue weighted by molar-refractivity contribution is 6.35. The molecule has 2 N–H and O–H groups in total. The van der Waals surface area contributed by atoms with Crippen LogP contribution in [-0.4, -0.2) is 43.7 Å². The molecule has 0 radical (unpaired) electrons. The Labute approximate surface area is 160 Å². The number of hydrogen-bond acceptors (Lipinski definition) is 2. The minimum atomic E-state index is -0.131. The van der Waals surface area contributed by atoms with Gasteiger partial charge in [0.2, 0.25) is 0 Å². The Morgan fingerprint density at radius 1 is 1.28 bits per heavy atom. The van der Waals surface area contributed by atoms with E-state index in [1.54, 1.807) is 0 Å². The molecule has 6 heteroatoms. The molecule has 2 saturated heterocycles. The molecular formula is C19H27Cl2N3O. The monoisotopic (exact) mass is 383 g/mol. The van der Waals surface area contributed by atoms with Gasteiger partial charge in [0.25, 0.3) is 0 Å². The average molecular weight is 384 g/mol. The summed E-state index contributed by atoms with van der Waals surface area (Å²) in [5.74, 6) is 1.43. The summed E-state index contributed by atoms with van der Waals surface area (Å²) < 4.78 is 5.59. The highest BCUT2D eigenvalue weighted by atomic mass is 35.5. The highest BCUT2D eigenvalue weighted by Gasteiger charge is 2.36. The van der Waals surface area contributed by atoms with Crippen molar-refractivity contribution in [2.24, 2.45) is 16.6 Å². The van der Waals surface area contributed by atoms with Crippen LogP contribution in [0.3, 0.4) is 0 Å². The molecule has 0 atom stereocenters. The Kier molecular flexibility index (Phi) is 6.13. The maximum absolute atomic E-state index is 6.52. The molecule has 3 rings (SSSR count). The number of likely N-dealkylation sites (tertiary alicyclic amines) is 1. The highest BCUT2D eigenvalue weighted by Crippen LogP contribution is 2.40. The molecule has 1 aromatic carbocycles. The first kappa shape index (κ1) is 18.8. The van der Waals surface area contributed by atoms with Gasteiger partial charge in [0.15, 0.2) is 5.96 Å². The van der Waals surface area contributed by atoms with Gasteiger partial charge < -0.3 is 15.4 Å². The van der Waals surface area contributed by atoms with Gasteiger partial charge in [-0.1, -0.05) is 36.2 Å². The van der Waals surface area contributed by atoms with Crippen molar-refractivity contribution in [3.8, 4) is 0 Å². The first-order valence-electron chi connectivity index (χ1n) is 9.08. The number of guanidine groups is 1. The number of benzene rings is 1. The largest absolute Gasteiger partial charge is 0.381 e. The number of halogens is 2. The van der Waals surface area contributed by atoms with Gasteiger partial charge in [0, 0.05) is 41.8 Å². The molecule has 2 aliphatic rings. The number of nitrogens with two attached hydrogens (primary N) is 1. The number of piperidine rings is 1. The fraction of sp³-hybridized carbons (Fsp3) is 0.632. The van der Waals surface area contributed by atoms with E-state index in [2.05, 4.69) is 11.8 Å². The zero-order valence-corrected chi connectivity index (χ0v) is 16.3. The zero-order chi connectivity index (χ0) is 17.9. The molecule has 0 bridgehead atoms. The first-order chi connectivity index (χ1) is 12.0. The quantitative estimate of drug-likeness (QED) is 0.631. The summed E-state index contributed by atoms with van der Waals surface area (Å²) in [6.45, 7) is 6.35. The van der Waals surface area contributed by atoms with Gasteiger partial charge >= 0.3 is 0 Å². The lowest BCUT2D eigenvalue weighted by Gasteiger charge is -2.38. The lowest BCUT2D eigenvalue weighted by Crippen LogP contribution is -2.44. The van der Waals surface area contributed by atoms with Crippen LogP contribution in [0.1, 0.15) is 38.2 Å². The van der Waals surface area contributed by atoms with E-state index in [1.165, 1.54) is 12.8 Å². The standard InChI is InChI=1S/C19H27Cl2N3O/c1-14-4-8-24(9-5-14)18(22)23-13-19(6-10-25-11-7-19)16-3-2-15(20)12-17(16)21/h2-3,12,14H,4-11,13H2,1H3,(H2,22,23). The van der Waals surface area contributed by atoms with E-state index in [-0.39, 0.29) is 5.41 Å². The van der Waals surface area contributed by atoms with E-state index in [0.717, 1.165) is 50.6 Å². The number of nitrogens with zero attached hydrogens (tertiary/aromatic N) is 2. The van der Waals surface area contributed by atoms with Gasteiger partial charge in [0.05, 0.1) is 6.54 Å². The molecule has 25 heavy (non-hydrogen) atoms. The number of aliphatic imine (C=N–C) groups is 1. The number of hydrogen-bond donors (Lipinski definition) is 1. The Hall–Kier alpha value is -0.970. The fourth-order valence-corrected chi connectivity index (χ4v) is 4.37. The van der Waals surface area contributed by atoms with Gasteiger partial charge in [-0.05, 0) is 49.3 Å². The Bertz CT molecular complexity index is 621. The zero-order valence-electron chi connectivity index (χ0n) is 14.8. The lowest BCUT2D eigenvalue weighted by molar-refractivity contribution is 0.0530. The predicted octanol–water partition coefficient (Wildman–Crippen LogP) is 4.09. The molecule has 1 aromatic rings. The van der Waals surface area contributed by atoms with Crippen molar-refractivity contribution >= 4 is 29.2 Å². The van der Waals surface area contributed by atoms with Gasteiger partial charge in [-0.15, -0.1) is 0 Å². The molecular weight excluding hydrogens is 357 g/mol.